The molecule has 2 aliphatic carbocycles. The fraction of sp³-hybridized carbons (Fsp3) is 0.114. The number of benzene rings is 11. The maximum absolute atomic E-state index is 2.71. The Hall–Kier alpha value is -8.60. The second-order valence-electron chi connectivity index (χ2n) is 24.0. The zero-order chi connectivity index (χ0) is 49.0. The van der Waals surface area contributed by atoms with Crippen LogP contribution in [0.5, 0.6) is 0 Å². The molecule has 0 spiro atoms. The predicted molar refractivity (Wildman–Crippen MR) is 315 cm³/mol. The summed E-state index contributed by atoms with van der Waals surface area (Å²) in [4.78, 5) is 0. The zero-order valence-corrected chi connectivity index (χ0v) is 42.2. The van der Waals surface area contributed by atoms with Gasteiger partial charge in [-0.15, -0.1) is 0 Å². The van der Waals surface area contributed by atoms with Crippen LogP contribution < -0.4 is 16.4 Å². The highest BCUT2D eigenvalue weighted by molar-refractivity contribution is 7.00. The summed E-state index contributed by atoms with van der Waals surface area (Å²) in [7, 11) is 0. The molecule has 5 heterocycles. The molecule has 346 valence electrons. The Kier molecular flexibility index (Phi) is 6.99. The molecule has 0 bridgehead atoms. The molecule has 0 saturated heterocycles. The number of nitrogens with zero attached hydrogens (tertiary/aromatic N) is 3. The Morgan fingerprint density at radius 3 is 1.45 bits per heavy atom. The number of hydrogen-bond donors (Lipinski definition) is 0. The van der Waals surface area contributed by atoms with E-state index in [4.69, 9.17) is 0 Å². The Morgan fingerprint density at radius 2 is 0.811 bits per heavy atom. The molecule has 11 aromatic carbocycles. The largest absolute Gasteiger partial charge is 0.310 e. The van der Waals surface area contributed by atoms with Crippen LogP contribution in [0.1, 0.15) is 52.7 Å². The SMILES string of the molecule is CC(C)(C)c1ccc2c(c1)c1cc(C(C)(C)C)cc3c1n2-c1cc(-n2c4cccc5c4c4c6c(cccc6ccc42)-c2ccccc2-5)cc2c1B3c1cc3cccc4c3c3c5c(cccc5n-2c13)-c1ccccc1-4. The molecule has 14 aromatic rings. The van der Waals surface area contributed by atoms with E-state index in [1.54, 1.807) is 0 Å². The third-order valence-corrected chi connectivity index (χ3v) is 18.1. The van der Waals surface area contributed by atoms with Crippen LogP contribution in [0.2, 0.25) is 0 Å². The molecule has 74 heavy (non-hydrogen) atoms. The number of rotatable bonds is 1. The van der Waals surface area contributed by atoms with Gasteiger partial charge in [0.2, 0.25) is 0 Å². The van der Waals surface area contributed by atoms with Crippen LogP contribution in [0, 0.1) is 0 Å². The first-order chi connectivity index (χ1) is 36.0. The van der Waals surface area contributed by atoms with Crippen molar-refractivity contribution in [2.24, 2.45) is 0 Å². The maximum Gasteiger partial charge on any atom is 0.252 e. The minimum absolute atomic E-state index is 0.0121. The minimum atomic E-state index is -0.0766. The molecule has 0 unspecified atom stereocenters. The molecule has 0 N–H and O–H groups in total. The van der Waals surface area contributed by atoms with Crippen LogP contribution in [0.3, 0.4) is 0 Å². The maximum atomic E-state index is 2.71. The van der Waals surface area contributed by atoms with E-state index in [0.29, 0.717) is 0 Å². The molecule has 0 amide bonds. The lowest BCUT2D eigenvalue weighted by Gasteiger charge is -2.35. The minimum Gasteiger partial charge on any atom is -0.310 e. The molecule has 0 radical (unpaired) electrons. The highest BCUT2D eigenvalue weighted by Crippen LogP contribution is 2.53. The van der Waals surface area contributed by atoms with Crippen molar-refractivity contribution in [1.82, 2.24) is 13.7 Å². The predicted octanol–water partition coefficient (Wildman–Crippen LogP) is 16.3. The Bertz CT molecular complexity index is 5040. The van der Waals surface area contributed by atoms with E-state index in [1.807, 2.05) is 0 Å². The zero-order valence-electron chi connectivity index (χ0n) is 42.2. The first-order valence-corrected chi connectivity index (χ1v) is 26.5. The van der Waals surface area contributed by atoms with Crippen LogP contribution in [-0.4, -0.2) is 20.4 Å². The molecule has 3 nitrogen and oxygen atoms in total. The number of aromatic nitrogens is 3. The Balaban J connectivity index is 1.07. The second-order valence-corrected chi connectivity index (χ2v) is 24.0. The van der Waals surface area contributed by atoms with Crippen molar-refractivity contribution < 1.29 is 0 Å². The molecule has 3 aromatic heterocycles. The summed E-state index contributed by atoms with van der Waals surface area (Å²) in [6, 6.07) is 71.2. The number of fused-ring (bicyclic) bond motifs is 14. The van der Waals surface area contributed by atoms with E-state index < -0.39 is 0 Å². The molecule has 0 saturated carbocycles. The molecule has 4 aliphatic rings. The lowest BCUT2D eigenvalue weighted by Crippen LogP contribution is -2.59. The average molecular weight is 942 g/mol. The second kappa shape index (κ2) is 12.9. The van der Waals surface area contributed by atoms with Gasteiger partial charge in [0, 0.05) is 49.2 Å². The van der Waals surface area contributed by atoms with E-state index in [0.717, 1.165) is 0 Å². The van der Waals surface area contributed by atoms with Gasteiger partial charge >= 0.3 is 0 Å². The fourth-order valence-corrected chi connectivity index (χ4v) is 15.0. The molecular formula is C70H48BN3. The quantitative estimate of drug-likeness (QED) is 0.146. The van der Waals surface area contributed by atoms with Crippen LogP contribution >= 0.6 is 0 Å². The van der Waals surface area contributed by atoms with Gasteiger partial charge < -0.3 is 13.7 Å². The van der Waals surface area contributed by atoms with Gasteiger partial charge in [-0.25, -0.2) is 0 Å². The number of hydrogen-bond acceptors (Lipinski definition) is 0. The lowest BCUT2D eigenvalue weighted by molar-refractivity contribution is 0.590. The van der Waals surface area contributed by atoms with Gasteiger partial charge in [0.05, 0.1) is 33.3 Å². The molecule has 0 fully saturated rings. The first kappa shape index (κ1) is 40.0. The van der Waals surface area contributed by atoms with Gasteiger partial charge in [0.15, 0.2) is 0 Å². The van der Waals surface area contributed by atoms with Crippen molar-refractivity contribution >= 4 is 110 Å². The third-order valence-electron chi connectivity index (χ3n) is 18.1. The highest BCUT2D eigenvalue weighted by atomic mass is 15.1. The summed E-state index contributed by atoms with van der Waals surface area (Å²) < 4.78 is 8.00. The molecule has 18 rings (SSSR count). The van der Waals surface area contributed by atoms with Crippen molar-refractivity contribution in [3.63, 3.8) is 0 Å². The van der Waals surface area contributed by atoms with Crippen molar-refractivity contribution in [2.75, 3.05) is 0 Å². The van der Waals surface area contributed by atoms with Crippen LogP contribution in [0.15, 0.2) is 182 Å². The summed E-state index contributed by atoms with van der Waals surface area (Å²) in [6.45, 7) is 14.2. The molecule has 4 heteroatoms. The molecule has 2 aliphatic heterocycles. The van der Waals surface area contributed by atoms with Crippen LogP contribution in [0.4, 0.5) is 0 Å². The third kappa shape index (κ3) is 4.61. The summed E-state index contributed by atoms with van der Waals surface area (Å²) in [6.07, 6.45) is 0. The Labute approximate surface area is 428 Å². The summed E-state index contributed by atoms with van der Waals surface area (Å²) in [5.41, 5.74) is 28.5. The van der Waals surface area contributed by atoms with Crippen molar-refractivity contribution in [3.8, 4) is 61.6 Å². The summed E-state index contributed by atoms with van der Waals surface area (Å²) in [5.74, 6) is 0. The van der Waals surface area contributed by atoms with Crippen molar-refractivity contribution in [1.29, 1.82) is 0 Å². The van der Waals surface area contributed by atoms with Crippen LogP contribution in [0.25, 0.3) is 149 Å². The topological polar surface area (TPSA) is 14.8 Å². The monoisotopic (exact) mass is 941 g/mol. The van der Waals surface area contributed by atoms with Gasteiger partial charge in [-0.05, 0) is 153 Å². The fourth-order valence-electron chi connectivity index (χ4n) is 15.0. The van der Waals surface area contributed by atoms with Gasteiger partial charge in [-0.1, -0.05) is 175 Å². The van der Waals surface area contributed by atoms with E-state index in [9.17, 15) is 0 Å². The average Bonchev–Trinajstić information content (AvgIpc) is 4.02. The standard InChI is InChI=1S/C70H48BN3/c1-69(2,3)39-28-30-54-50(32-39)51-33-40(70(4,5)6)34-53-67(51)73(54)58-35-41(72-55-25-13-23-48-44-19-9-7-17-42(44)46-21-11-15-37-27-29-57(72)64(60(37)46)62(48)55)36-59-66(58)71(53)52-31-38-16-12-22-47-43-18-8-10-20-45(43)49-24-14-26-56-63(49)65(61(38)47)68(52)74(56)59/h7-36H,1-6H3. The van der Waals surface area contributed by atoms with Crippen molar-refractivity contribution in [2.45, 2.75) is 52.4 Å². The summed E-state index contributed by atoms with van der Waals surface area (Å²) in [5, 5.41) is 13.3. The van der Waals surface area contributed by atoms with Gasteiger partial charge in [-0.2, -0.15) is 0 Å². The van der Waals surface area contributed by atoms with E-state index in [2.05, 4.69) is 237 Å². The van der Waals surface area contributed by atoms with Gasteiger partial charge in [0.25, 0.3) is 6.71 Å². The van der Waals surface area contributed by atoms with Gasteiger partial charge in [-0.3, -0.25) is 0 Å². The summed E-state index contributed by atoms with van der Waals surface area (Å²) >= 11 is 0. The normalized spacial score (nSPS) is 13.8. The first-order valence-electron chi connectivity index (χ1n) is 26.5. The lowest BCUT2D eigenvalue weighted by atomic mass is 9.34. The highest BCUT2D eigenvalue weighted by Gasteiger charge is 2.43. The van der Waals surface area contributed by atoms with Crippen LogP contribution in [-0.2, 0) is 10.8 Å². The van der Waals surface area contributed by atoms with E-state index >= 15 is 0 Å². The van der Waals surface area contributed by atoms with E-state index in [1.165, 1.54) is 176 Å². The molecular weight excluding hydrogens is 894 g/mol. The Morgan fingerprint density at radius 1 is 0.324 bits per heavy atom. The molecule has 0 atom stereocenters. The van der Waals surface area contributed by atoms with Gasteiger partial charge in [0.1, 0.15) is 0 Å². The van der Waals surface area contributed by atoms with E-state index in [-0.39, 0.29) is 17.5 Å². The van der Waals surface area contributed by atoms with Crippen molar-refractivity contribution in [3.05, 3.63) is 193 Å². The smallest absolute Gasteiger partial charge is 0.252 e.